The van der Waals surface area contributed by atoms with Crippen LogP contribution in [0.15, 0.2) is 12.3 Å². The van der Waals surface area contributed by atoms with Crippen molar-refractivity contribution >= 4 is 5.95 Å². The molecule has 1 atom stereocenters. The molecule has 0 aromatic carbocycles. The fourth-order valence-electron chi connectivity index (χ4n) is 2.31. The van der Waals surface area contributed by atoms with E-state index in [0.29, 0.717) is 0 Å². The van der Waals surface area contributed by atoms with Gasteiger partial charge in [0.1, 0.15) is 5.69 Å². The van der Waals surface area contributed by atoms with Crippen molar-refractivity contribution in [2.24, 2.45) is 12.8 Å². The van der Waals surface area contributed by atoms with Crippen molar-refractivity contribution in [1.29, 1.82) is 0 Å². The summed E-state index contributed by atoms with van der Waals surface area (Å²) in [4.78, 5) is 6.64. The normalized spacial score (nSPS) is 20.3. The van der Waals surface area contributed by atoms with E-state index in [1.807, 2.05) is 13.1 Å². The van der Waals surface area contributed by atoms with Crippen LogP contribution in [-0.2, 0) is 7.05 Å². The number of H-pyrrole nitrogens is 1. The second-order valence-corrected chi connectivity index (χ2v) is 4.67. The van der Waals surface area contributed by atoms with Crippen LogP contribution in [0, 0.1) is 0 Å². The summed E-state index contributed by atoms with van der Waals surface area (Å²) in [5.74, 6) is 1.46. The Hall–Kier alpha value is -1.89. The van der Waals surface area contributed by atoms with Crippen LogP contribution in [0.3, 0.4) is 0 Å². The highest BCUT2D eigenvalue weighted by Gasteiger charge is 2.20. The predicted molar refractivity (Wildman–Crippen MR) is 68.0 cm³/mol. The Balaban J connectivity index is 1.83. The van der Waals surface area contributed by atoms with Gasteiger partial charge in [-0.05, 0) is 18.9 Å². The largest absolute Gasteiger partial charge is 0.338 e. The van der Waals surface area contributed by atoms with Crippen molar-refractivity contribution in [3.05, 3.63) is 12.3 Å². The zero-order chi connectivity index (χ0) is 12.5. The highest BCUT2D eigenvalue weighted by molar-refractivity contribution is 5.51. The van der Waals surface area contributed by atoms with Crippen molar-refractivity contribution < 1.29 is 0 Å². The lowest BCUT2D eigenvalue weighted by Gasteiger charge is -2.29. The highest BCUT2D eigenvalue weighted by Crippen LogP contribution is 2.19. The lowest BCUT2D eigenvalue weighted by Crippen LogP contribution is -2.43. The number of aryl methyl sites for hydroxylation is 1. The summed E-state index contributed by atoms with van der Waals surface area (Å²) in [6.45, 7) is 1.79. The summed E-state index contributed by atoms with van der Waals surface area (Å²) in [5, 5.41) is 11.3. The average Bonchev–Trinajstić information content (AvgIpc) is 2.97. The maximum absolute atomic E-state index is 5.97. The van der Waals surface area contributed by atoms with Crippen LogP contribution in [0.25, 0.3) is 11.5 Å². The molecule has 0 amide bonds. The Kier molecular flexibility index (Phi) is 2.75. The standard InChI is InChI=1S/C11H17N7/c1-17-9(4-5-13-17)10-14-11(16-15-10)18-6-2-3-8(12)7-18/h4-5,8H,2-3,6-7,12H2,1H3,(H,14,15,16). The molecule has 2 aromatic rings. The third kappa shape index (κ3) is 1.97. The van der Waals surface area contributed by atoms with Gasteiger partial charge in [0.2, 0.25) is 5.95 Å². The fraction of sp³-hybridized carbons (Fsp3) is 0.545. The molecule has 96 valence electrons. The van der Waals surface area contributed by atoms with E-state index < -0.39 is 0 Å². The first-order chi connectivity index (χ1) is 8.74. The van der Waals surface area contributed by atoms with E-state index in [1.54, 1.807) is 10.9 Å². The number of aromatic amines is 1. The number of anilines is 1. The van der Waals surface area contributed by atoms with Crippen LogP contribution in [0.1, 0.15) is 12.8 Å². The molecule has 3 heterocycles. The molecule has 7 nitrogen and oxygen atoms in total. The molecule has 3 rings (SSSR count). The Bertz CT molecular complexity index is 529. The van der Waals surface area contributed by atoms with Gasteiger partial charge in [-0.15, -0.1) is 5.10 Å². The van der Waals surface area contributed by atoms with E-state index in [9.17, 15) is 0 Å². The minimum atomic E-state index is 0.220. The minimum absolute atomic E-state index is 0.220. The van der Waals surface area contributed by atoms with Crippen LogP contribution in [-0.4, -0.2) is 44.1 Å². The maximum Gasteiger partial charge on any atom is 0.245 e. The Morgan fingerprint density at radius 3 is 3.11 bits per heavy atom. The average molecular weight is 247 g/mol. The molecule has 1 unspecified atom stereocenters. The summed E-state index contributed by atoms with van der Waals surface area (Å²) >= 11 is 0. The molecular weight excluding hydrogens is 230 g/mol. The highest BCUT2D eigenvalue weighted by atomic mass is 15.4. The number of nitrogens with zero attached hydrogens (tertiary/aromatic N) is 5. The molecule has 0 bridgehead atoms. The van der Waals surface area contributed by atoms with Crippen LogP contribution in [0.2, 0.25) is 0 Å². The topological polar surface area (TPSA) is 88.7 Å². The Morgan fingerprint density at radius 2 is 2.39 bits per heavy atom. The number of nitrogens with one attached hydrogen (secondary N) is 1. The van der Waals surface area contributed by atoms with Gasteiger partial charge in [-0.25, -0.2) is 0 Å². The maximum atomic E-state index is 5.97. The zero-order valence-corrected chi connectivity index (χ0v) is 10.4. The molecule has 0 spiro atoms. The molecule has 1 fully saturated rings. The van der Waals surface area contributed by atoms with E-state index in [2.05, 4.69) is 25.2 Å². The van der Waals surface area contributed by atoms with Crippen LogP contribution in [0.4, 0.5) is 5.95 Å². The van der Waals surface area contributed by atoms with Gasteiger partial charge in [0, 0.05) is 32.4 Å². The lowest BCUT2D eigenvalue weighted by molar-refractivity contribution is 0.500. The summed E-state index contributed by atoms with van der Waals surface area (Å²) < 4.78 is 1.77. The molecule has 1 saturated heterocycles. The smallest absolute Gasteiger partial charge is 0.245 e. The van der Waals surface area contributed by atoms with Crippen molar-refractivity contribution in [3.63, 3.8) is 0 Å². The van der Waals surface area contributed by atoms with E-state index in [-0.39, 0.29) is 6.04 Å². The Labute approximate surface area is 105 Å². The molecule has 0 radical (unpaired) electrons. The number of aromatic nitrogens is 5. The van der Waals surface area contributed by atoms with Gasteiger partial charge in [0.15, 0.2) is 5.82 Å². The van der Waals surface area contributed by atoms with Gasteiger partial charge in [0.25, 0.3) is 0 Å². The quantitative estimate of drug-likeness (QED) is 0.787. The summed E-state index contributed by atoms with van der Waals surface area (Å²) in [7, 11) is 1.88. The van der Waals surface area contributed by atoms with Gasteiger partial charge in [-0.1, -0.05) is 0 Å². The first-order valence-corrected chi connectivity index (χ1v) is 6.15. The molecular formula is C11H17N7. The second-order valence-electron chi connectivity index (χ2n) is 4.67. The van der Waals surface area contributed by atoms with Gasteiger partial charge < -0.3 is 10.6 Å². The minimum Gasteiger partial charge on any atom is -0.338 e. The SMILES string of the molecule is Cn1nccc1-c1nc(N2CCCC(N)C2)n[nH]1. The summed E-state index contributed by atoms with van der Waals surface area (Å²) in [6, 6.07) is 2.13. The molecule has 2 aromatic heterocycles. The molecule has 1 aliphatic heterocycles. The molecule has 0 saturated carbocycles. The summed E-state index contributed by atoms with van der Waals surface area (Å²) in [5.41, 5.74) is 6.89. The van der Waals surface area contributed by atoms with Gasteiger partial charge in [0.05, 0.1) is 0 Å². The predicted octanol–water partition coefficient (Wildman–Crippen LogP) is 0.133. The molecule has 1 aliphatic rings. The van der Waals surface area contributed by atoms with Crippen LogP contribution >= 0.6 is 0 Å². The number of nitrogens with two attached hydrogens (primary N) is 1. The zero-order valence-electron chi connectivity index (χ0n) is 10.4. The van der Waals surface area contributed by atoms with E-state index in [0.717, 1.165) is 43.4 Å². The summed E-state index contributed by atoms with van der Waals surface area (Å²) in [6.07, 6.45) is 3.92. The second kappa shape index (κ2) is 4.41. The fourth-order valence-corrected chi connectivity index (χ4v) is 2.31. The van der Waals surface area contributed by atoms with Crippen molar-refractivity contribution in [2.45, 2.75) is 18.9 Å². The third-order valence-corrected chi connectivity index (χ3v) is 3.28. The monoisotopic (exact) mass is 247 g/mol. The van der Waals surface area contributed by atoms with E-state index >= 15 is 0 Å². The van der Waals surface area contributed by atoms with Crippen LogP contribution < -0.4 is 10.6 Å². The Morgan fingerprint density at radius 1 is 1.50 bits per heavy atom. The van der Waals surface area contributed by atoms with E-state index in [4.69, 9.17) is 5.73 Å². The first kappa shape index (κ1) is 11.2. The number of piperidine rings is 1. The number of rotatable bonds is 2. The third-order valence-electron chi connectivity index (χ3n) is 3.28. The number of hydrogen-bond donors (Lipinski definition) is 2. The van der Waals surface area contributed by atoms with Crippen molar-refractivity contribution in [2.75, 3.05) is 18.0 Å². The van der Waals surface area contributed by atoms with Gasteiger partial charge >= 0.3 is 0 Å². The van der Waals surface area contributed by atoms with Crippen molar-refractivity contribution in [3.8, 4) is 11.5 Å². The van der Waals surface area contributed by atoms with Crippen LogP contribution in [0.5, 0.6) is 0 Å². The first-order valence-electron chi connectivity index (χ1n) is 6.15. The van der Waals surface area contributed by atoms with Gasteiger partial charge in [-0.3, -0.25) is 9.78 Å². The number of hydrogen-bond acceptors (Lipinski definition) is 5. The van der Waals surface area contributed by atoms with E-state index in [1.165, 1.54) is 0 Å². The van der Waals surface area contributed by atoms with Gasteiger partial charge in [-0.2, -0.15) is 10.1 Å². The molecule has 3 N–H and O–H groups in total. The molecule has 0 aliphatic carbocycles. The molecule has 7 heteroatoms. The lowest BCUT2D eigenvalue weighted by atomic mass is 10.1. The molecule has 18 heavy (non-hydrogen) atoms. The van der Waals surface area contributed by atoms with Crippen molar-refractivity contribution in [1.82, 2.24) is 25.0 Å².